The van der Waals surface area contributed by atoms with Gasteiger partial charge in [0.25, 0.3) is 0 Å². The maximum atomic E-state index is 12.2. The van der Waals surface area contributed by atoms with Crippen molar-refractivity contribution in [3.63, 3.8) is 0 Å². The molecule has 3 aromatic rings. The Kier molecular flexibility index (Phi) is 8.12. The van der Waals surface area contributed by atoms with Crippen LogP contribution >= 0.6 is 11.8 Å². The van der Waals surface area contributed by atoms with Crippen LogP contribution in [0.15, 0.2) is 53.7 Å². The maximum absolute atomic E-state index is 12.2. The van der Waals surface area contributed by atoms with E-state index in [4.69, 9.17) is 4.74 Å². The number of aryl methyl sites for hydroxylation is 2. The molecule has 0 bridgehead atoms. The fourth-order valence-corrected chi connectivity index (χ4v) is 4.06. The molecule has 1 heterocycles. The topological polar surface area (TPSA) is 69.0 Å². The Labute approximate surface area is 188 Å². The molecule has 7 heteroatoms. The number of benzene rings is 2. The lowest BCUT2D eigenvalue weighted by Crippen LogP contribution is -2.27. The molecule has 2 aromatic carbocycles. The molecule has 3 rings (SSSR count). The number of carbonyl (C=O) groups excluding carboxylic acids is 1. The van der Waals surface area contributed by atoms with Crippen LogP contribution in [0, 0.1) is 13.8 Å². The van der Waals surface area contributed by atoms with E-state index in [0.29, 0.717) is 18.8 Å². The minimum absolute atomic E-state index is 0.00689. The van der Waals surface area contributed by atoms with Crippen molar-refractivity contribution in [3.8, 4) is 5.75 Å². The molecule has 1 atom stereocenters. The third-order valence-corrected chi connectivity index (χ3v) is 6.09. The van der Waals surface area contributed by atoms with Gasteiger partial charge in [-0.15, -0.1) is 10.2 Å². The van der Waals surface area contributed by atoms with E-state index >= 15 is 0 Å². The van der Waals surface area contributed by atoms with Gasteiger partial charge >= 0.3 is 0 Å². The summed E-state index contributed by atoms with van der Waals surface area (Å²) in [5.41, 5.74) is 3.64. The molecule has 0 aliphatic carbocycles. The van der Waals surface area contributed by atoms with Gasteiger partial charge in [-0.2, -0.15) is 0 Å². The number of amides is 1. The Morgan fingerprint density at radius 2 is 1.90 bits per heavy atom. The fraction of sp³-hybridized carbons (Fsp3) is 0.375. The number of nitrogens with one attached hydrogen (secondary N) is 1. The average Bonchev–Trinajstić information content (AvgIpc) is 3.19. The number of thioether (sulfide) groups is 1. The molecular weight excluding hydrogens is 408 g/mol. The van der Waals surface area contributed by atoms with Gasteiger partial charge in [0.1, 0.15) is 5.75 Å². The monoisotopic (exact) mass is 438 g/mol. The molecule has 0 saturated heterocycles. The summed E-state index contributed by atoms with van der Waals surface area (Å²) < 4.78 is 8.11. The molecule has 0 radical (unpaired) electrons. The zero-order chi connectivity index (χ0) is 22.2. The van der Waals surface area contributed by atoms with Gasteiger partial charge in [0.05, 0.1) is 5.75 Å². The average molecular weight is 439 g/mol. The van der Waals surface area contributed by atoms with Crippen LogP contribution in [0.5, 0.6) is 5.75 Å². The largest absolute Gasteiger partial charge is 0.483 e. The first-order valence-corrected chi connectivity index (χ1v) is 11.6. The van der Waals surface area contributed by atoms with Gasteiger partial charge in [0.15, 0.2) is 17.1 Å². The summed E-state index contributed by atoms with van der Waals surface area (Å²) in [6.45, 7) is 9.49. The second-order valence-electron chi connectivity index (χ2n) is 7.47. The lowest BCUT2D eigenvalue weighted by atomic mass is 10.1. The summed E-state index contributed by atoms with van der Waals surface area (Å²) in [5.74, 6) is 1.87. The Hall–Kier alpha value is -2.80. The fourth-order valence-electron chi connectivity index (χ4n) is 3.22. The van der Waals surface area contributed by atoms with Crippen LogP contribution in [0.1, 0.15) is 42.5 Å². The first-order chi connectivity index (χ1) is 15.0. The number of nitrogens with zero attached hydrogens (tertiary/aromatic N) is 3. The van der Waals surface area contributed by atoms with Crippen LogP contribution in [-0.2, 0) is 17.8 Å². The van der Waals surface area contributed by atoms with Gasteiger partial charge < -0.3 is 14.6 Å². The molecule has 0 fully saturated rings. The van der Waals surface area contributed by atoms with E-state index in [2.05, 4.69) is 47.6 Å². The minimum atomic E-state index is -0.247. The molecule has 0 spiro atoms. The molecular formula is C24H30N4O2S. The van der Waals surface area contributed by atoms with Crippen molar-refractivity contribution in [3.05, 3.63) is 71.0 Å². The zero-order valence-electron chi connectivity index (χ0n) is 18.6. The highest BCUT2D eigenvalue weighted by atomic mass is 32.2. The smallest absolute Gasteiger partial charge is 0.230 e. The summed E-state index contributed by atoms with van der Waals surface area (Å²) in [4.78, 5) is 12.2. The summed E-state index contributed by atoms with van der Waals surface area (Å²) >= 11 is 1.40. The van der Waals surface area contributed by atoms with Gasteiger partial charge in [-0.05, 0) is 62.9 Å². The van der Waals surface area contributed by atoms with Gasteiger partial charge in [0, 0.05) is 13.1 Å². The van der Waals surface area contributed by atoms with Crippen molar-refractivity contribution in [2.24, 2.45) is 0 Å². The van der Waals surface area contributed by atoms with E-state index in [1.807, 2.05) is 48.7 Å². The van der Waals surface area contributed by atoms with E-state index in [9.17, 15) is 4.79 Å². The van der Waals surface area contributed by atoms with Crippen LogP contribution in [0.2, 0.25) is 0 Å². The van der Waals surface area contributed by atoms with Crippen LogP contribution in [0.4, 0.5) is 0 Å². The van der Waals surface area contributed by atoms with Crippen LogP contribution in [0.25, 0.3) is 0 Å². The number of carbonyl (C=O) groups is 1. The lowest BCUT2D eigenvalue weighted by Gasteiger charge is -2.16. The van der Waals surface area contributed by atoms with Gasteiger partial charge in [-0.1, -0.05) is 48.2 Å². The van der Waals surface area contributed by atoms with Gasteiger partial charge in [0.2, 0.25) is 5.91 Å². The Morgan fingerprint density at radius 3 is 2.61 bits per heavy atom. The summed E-state index contributed by atoms with van der Waals surface area (Å²) in [5, 5.41) is 12.3. The highest BCUT2D eigenvalue weighted by Crippen LogP contribution is 2.25. The molecule has 0 saturated carbocycles. The predicted octanol–water partition coefficient (Wildman–Crippen LogP) is 4.51. The Morgan fingerprint density at radius 1 is 1.13 bits per heavy atom. The second kappa shape index (κ2) is 11.0. The SMILES string of the molecule is CCn1c(SCC(=O)NCCc2ccccc2)nnc1C(C)Oc1ccc(C)c(C)c1. The van der Waals surface area contributed by atoms with Crippen molar-refractivity contribution < 1.29 is 9.53 Å². The third-order valence-electron chi connectivity index (χ3n) is 5.13. The van der Waals surface area contributed by atoms with E-state index in [1.54, 1.807) is 0 Å². The van der Waals surface area contributed by atoms with Crippen molar-refractivity contribution >= 4 is 17.7 Å². The number of aromatic nitrogens is 3. The second-order valence-corrected chi connectivity index (χ2v) is 8.41. The number of ether oxygens (including phenoxy) is 1. The van der Waals surface area contributed by atoms with Crippen molar-refractivity contribution in [2.75, 3.05) is 12.3 Å². The molecule has 1 unspecified atom stereocenters. The molecule has 1 aromatic heterocycles. The van der Waals surface area contributed by atoms with Crippen molar-refractivity contribution in [1.82, 2.24) is 20.1 Å². The van der Waals surface area contributed by atoms with E-state index in [0.717, 1.165) is 23.2 Å². The summed E-state index contributed by atoms with van der Waals surface area (Å²) in [7, 11) is 0. The molecule has 31 heavy (non-hydrogen) atoms. The Balaban J connectivity index is 1.54. The number of rotatable bonds is 10. The van der Waals surface area contributed by atoms with Gasteiger partial charge in [-0.3, -0.25) is 4.79 Å². The molecule has 6 nitrogen and oxygen atoms in total. The standard InChI is InChI=1S/C24H30N4O2S/c1-5-28-23(19(4)30-21-12-11-17(2)18(3)15-21)26-27-24(28)31-16-22(29)25-14-13-20-9-7-6-8-10-20/h6-12,15,19H,5,13-14,16H2,1-4H3,(H,25,29). The number of hydrogen-bond donors (Lipinski definition) is 1. The van der Waals surface area contributed by atoms with Crippen molar-refractivity contribution in [2.45, 2.75) is 51.9 Å². The highest BCUT2D eigenvalue weighted by Gasteiger charge is 2.19. The highest BCUT2D eigenvalue weighted by molar-refractivity contribution is 7.99. The predicted molar refractivity (Wildman–Crippen MR) is 125 cm³/mol. The van der Waals surface area contributed by atoms with Crippen LogP contribution in [0.3, 0.4) is 0 Å². The first-order valence-electron chi connectivity index (χ1n) is 10.6. The van der Waals surface area contributed by atoms with E-state index in [1.165, 1.54) is 28.5 Å². The normalized spacial score (nSPS) is 11.9. The molecule has 0 aliphatic heterocycles. The summed E-state index contributed by atoms with van der Waals surface area (Å²) in [6.07, 6.45) is 0.573. The molecule has 164 valence electrons. The molecule has 0 aliphatic rings. The molecule has 1 N–H and O–H groups in total. The molecule has 1 amide bonds. The van der Waals surface area contributed by atoms with Crippen LogP contribution in [-0.4, -0.2) is 33.0 Å². The lowest BCUT2D eigenvalue weighted by molar-refractivity contribution is -0.118. The number of hydrogen-bond acceptors (Lipinski definition) is 5. The third kappa shape index (κ3) is 6.34. The van der Waals surface area contributed by atoms with E-state index < -0.39 is 0 Å². The minimum Gasteiger partial charge on any atom is -0.483 e. The maximum Gasteiger partial charge on any atom is 0.230 e. The first kappa shape index (κ1) is 22.9. The van der Waals surface area contributed by atoms with Crippen LogP contribution < -0.4 is 10.1 Å². The van der Waals surface area contributed by atoms with Gasteiger partial charge in [-0.25, -0.2) is 0 Å². The summed E-state index contributed by atoms with van der Waals surface area (Å²) in [6, 6.07) is 16.2. The Bertz CT molecular complexity index is 1000. The quantitative estimate of drug-likeness (QED) is 0.472. The van der Waals surface area contributed by atoms with E-state index in [-0.39, 0.29) is 12.0 Å². The zero-order valence-corrected chi connectivity index (χ0v) is 19.4. The van der Waals surface area contributed by atoms with Crippen molar-refractivity contribution in [1.29, 1.82) is 0 Å².